The maximum Gasteiger partial charge on any atom is 0.323 e. The second-order valence-corrected chi connectivity index (χ2v) is 16.7. The lowest BCUT2D eigenvalue weighted by Gasteiger charge is -2.33. The van der Waals surface area contributed by atoms with Gasteiger partial charge in [0.2, 0.25) is 0 Å². The van der Waals surface area contributed by atoms with Gasteiger partial charge in [0.15, 0.2) is 29.4 Å². The van der Waals surface area contributed by atoms with Gasteiger partial charge in [0.1, 0.15) is 29.3 Å². The normalized spacial score (nSPS) is 23.2. The Morgan fingerprint density at radius 3 is 2.65 bits per heavy atom. The zero-order chi connectivity index (χ0) is 35.0. The number of alkyl halides is 2. The van der Waals surface area contributed by atoms with E-state index in [2.05, 4.69) is 20.0 Å². The summed E-state index contributed by atoms with van der Waals surface area (Å²) in [5, 5.41) is 16.0. The molecule has 1 unspecified atom stereocenters. The third-order valence-corrected chi connectivity index (χ3v) is 10.6. The summed E-state index contributed by atoms with van der Waals surface area (Å²) in [4.78, 5) is 28.1. The molecule has 16 heteroatoms. The number of fused-ring (bicyclic) bond motifs is 2. The lowest BCUT2D eigenvalue weighted by molar-refractivity contribution is -0.148. The number of aromatic nitrogens is 4. The van der Waals surface area contributed by atoms with Gasteiger partial charge in [0.05, 0.1) is 25.4 Å². The summed E-state index contributed by atoms with van der Waals surface area (Å²) >= 11 is 12.4. The van der Waals surface area contributed by atoms with Crippen molar-refractivity contribution in [3.05, 3.63) is 54.6 Å². The second-order valence-electron chi connectivity index (χ2n) is 13.3. The van der Waals surface area contributed by atoms with Crippen LogP contribution in [-0.4, -0.2) is 87.7 Å². The Kier molecular flexibility index (Phi) is 10.7. The molecule has 0 bridgehead atoms. The molecule has 0 amide bonds. The molecule has 2 aromatic heterocycles. The maximum absolute atomic E-state index is 16.0. The zero-order valence-corrected chi connectivity index (χ0v) is 30.4. The fourth-order valence-electron chi connectivity index (χ4n) is 5.20. The minimum Gasteiger partial charge on any atom is -0.464 e. The Balaban J connectivity index is 1.44. The fourth-order valence-corrected chi connectivity index (χ4v) is 7.94. The molecule has 1 saturated heterocycles. The highest BCUT2D eigenvalue weighted by Crippen LogP contribution is 2.50. The zero-order valence-electron chi connectivity index (χ0n) is 27.9. The molecule has 1 aliphatic heterocycles. The van der Waals surface area contributed by atoms with Crippen LogP contribution in [0.15, 0.2) is 48.8 Å². The molecule has 0 spiro atoms. The van der Waals surface area contributed by atoms with Crippen LogP contribution in [0.25, 0.3) is 21.9 Å². The van der Waals surface area contributed by atoms with Gasteiger partial charge >= 0.3 is 12.6 Å². The van der Waals surface area contributed by atoms with E-state index in [1.807, 2.05) is 71.3 Å². The van der Waals surface area contributed by atoms with Crippen LogP contribution in [0, 0.1) is 12.3 Å². The molecule has 12 nitrogen and oxygen atoms in total. The highest BCUT2D eigenvalue weighted by atomic mass is 35.5. The van der Waals surface area contributed by atoms with Crippen molar-refractivity contribution in [3.8, 4) is 5.75 Å². The molecular weight excluding hydrogens is 682 g/mol. The number of hydrogen-bond acceptors (Lipinski definition) is 11. The maximum atomic E-state index is 16.0. The Morgan fingerprint density at radius 1 is 1.25 bits per heavy atom. The number of imidazole rings is 1. The van der Waals surface area contributed by atoms with Crippen molar-refractivity contribution in [2.24, 2.45) is 5.41 Å². The van der Waals surface area contributed by atoms with E-state index >= 15 is 4.39 Å². The van der Waals surface area contributed by atoms with Crippen LogP contribution in [0.2, 0.25) is 0 Å². The number of benzene rings is 2. The van der Waals surface area contributed by atoms with Gasteiger partial charge in [-0.25, -0.2) is 24.4 Å². The summed E-state index contributed by atoms with van der Waals surface area (Å²) in [5.41, 5.74) is -1.26. The molecule has 4 aromatic rings. The van der Waals surface area contributed by atoms with Crippen molar-refractivity contribution in [2.45, 2.75) is 64.8 Å². The highest BCUT2D eigenvalue weighted by molar-refractivity contribution is 8.09. The smallest absolute Gasteiger partial charge is 0.323 e. The Labute approximate surface area is 289 Å². The molecular formula is C32H41ClFN6O6PS. The van der Waals surface area contributed by atoms with Crippen LogP contribution >= 0.6 is 18.2 Å². The van der Waals surface area contributed by atoms with Gasteiger partial charge in [-0.2, -0.15) is 0 Å². The largest absolute Gasteiger partial charge is 0.464 e. The molecule has 1 aliphatic rings. The summed E-state index contributed by atoms with van der Waals surface area (Å²) in [7, 11) is 3.63. The van der Waals surface area contributed by atoms with Crippen molar-refractivity contribution >= 4 is 63.8 Å². The number of hydrogen-bond donors (Lipinski definition) is 2. The average Bonchev–Trinajstić information content (AvgIpc) is 3.56. The number of carbonyl (C=O) groups is 1. The second kappa shape index (κ2) is 14.1. The number of nitrogens with one attached hydrogen (secondary N) is 1. The van der Waals surface area contributed by atoms with Crippen LogP contribution < -0.4 is 14.5 Å². The van der Waals surface area contributed by atoms with Crippen LogP contribution in [0.5, 0.6) is 5.75 Å². The standard InChI is InChI=1S/C32H41ClFN6O6PS/c1-19(30(42)43-16-31(3,4)5)38-47(48,46-23-14-10-12-21-11-8-9-13-22(21)23)44-17-32(15-33)26(41)24(34)29(45-32)40-18-35-25-27(39(6)7)36-20(2)37-28(25)40/h8-14,18-19,24,26,29,41H,15-17H2,1-7H3,(H,38,48)/t19-,24+,26-,29+,32+,47?/m0/s1. The molecule has 0 aliphatic carbocycles. The number of ether oxygens (including phenoxy) is 2. The number of aryl methyl sites for hydroxylation is 1. The van der Waals surface area contributed by atoms with Crippen LogP contribution in [0.1, 0.15) is 39.7 Å². The van der Waals surface area contributed by atoms with Crippen LogP contribution in [0.4, 0.5) is 10.2 Å². The van der Waals surface area contributed by atoms with E-state index in [4.69, 9.17) is 41.9 Å². The predicted octanol–water partition coefficient (Wildman–Crippen LogP) is 5.45. The topological polar surface area (TPSA) is 133 Å². The molecule has 1 fully saturated rings. The SMILES string of the molecule is Cc1nc(N(C)C)c2ncn([C@@H]3O[C@](CCl)(COP(=S)(N[C@@H](C)C(=O)OCC(C)(C)C)Oc4cccc5ccccc45)[C@@H](O)[C@H]3F)c2n1. The number of carbonyl (C=O) groups excluding carboxylic acids is 1. The number of rotatable bonds is 12. The monoisotopic (exact) mass is 722 g/mol. The lowest BCUT2D eigenvalue weighted by Crippen LogP contribution is -2.48. The van der Waals surface area contributed by atoms with Crippen molar-refractivity contribution in [2.75, 3.05) is 38.1 Å². The molecule has 0 radical (unpaired) electrons. The van der Waals surface area contributed by atoms with E-state index in [-0.39, 0.29) is 17.9 Å². The van der Waals surface area contributed by atoms with Crippen molar-refractivity contribution in [1.29, 1.82) is 0 Å². The van der Waals surface area contributed by atoms with Gasteiger partial charge in [-0.3, -0.25) is 9.36 Å². The van der Waals surface area contributed by atoms with E-state index in [1.165, 1.54) is 10.9 Å². The summed E-state index contributed by atoms with van der Waals surface area (Å²) in [5.74, 6) is 0.483. The Morgan fingerprint density at radius 2 is 1.96 bits per heavy atom. The van der Waals surface area contributed by atoms with E-state index < -0.39 is 49.4 Å². The first-order chi connectivity index (χ1) is 22.6. The molecule has 2 aromatic carbocycles. The number of halogens is 2. The predicted molar refractivity (Wildman–Crippen MR) is 187 cm³/mol. The Bertz CT molecular complexity index is 1840. The number of nitrogens with zero attached hydrogens (tertiary/aromatic N) is 5. The van der Waals surface area contributed by atoms with E-state index in [1.54, 1.807) is 24.8 Å². The molecule has 3 heterocycles. The van der Waals surface area contributed by atoms with E-state index in [0.29, 0.717) is 28.6 Å². The van der Waals surface area contributed by atoms with Gasteiger partial charge in [-0.05, 0) is 42.5 Å². The summed E-state index contributed by atoms with van der Waals surface area (Å²) < 4.78 is 41.8. The first kappa shape index (κ1) is 36.3. The van der Waals surface area contributed by atoms with Gasteiger partial charge in [-0.1, -0.05) is 57.2 Å². The van der Waals surface area contributed by atoms with Gasteiger partial charge in [0.25, 0.3) is 0 Å². The van der Waals surface area contributed by atoms with Crippen molar-refractivity contribution in [1.82, 2.24) is 24.6 Å². The molecule has 0 saturated carbocycles. The van der Waals surface area contributed by atoms with E-state index in [9.17, 15) is 9.90 Å². The summed E-state index contributed by atoms with van der Waals surface area (Å²) in [6.07, 6.45) is -3.64. The molecule has 2 N–H and O–H groups in total. The number of esters is 1. The molecule has 6 atom stereocenters. The third kappa shape index (κ3) is 7.60. The van der Waals surface area contributed by atoms with Crippen molar-refractivity contribution < 1.29 is 32.8 Å². The quantitative estimate of drug-likeness (QED) is 0.110. The minimum atomic E-state index is -3.65. The number of aliphatic hydroxyl groups is 1. The molecule has 260 valence electrons. The van der Waals surface area contributed by atoms with Crippen molar-refractivity contribution in [3.63, 3.8) is 0 Å². The average molecular weight is 723 g/mol. The Hall–Kier alpha value is -2.97. The van der Waals surface area contributed by atoms with Crippen LogP contribution in [0.3, 0.4) is 0 Å². The molecule has 5 rings (SSSR count). The van der Waals surface area contributed by atoms with Gasteiger partial charge < -0.3 is 28.5 Å². The van der Waals surface area contributed by atoms with Gasteiger partial charge in [-0.15, -0.1) is 11.6 Å². The van der Waals surface area contributed by atoms with Gasteiger partial charge in [0, 0.05) is 19.5 Å². The highest BCUT2D eigenvalue weighted by Gasteiger charge is 2.57. The third-order valence-electron chi connectivity index (χ3n) is 7.71. The fraction of sp³-hybridized carbons (Fsp3) is 0.500. The van der Waals surface area contributed by atoms with E-state index in [0.717, 1.165) is 10.8 Å². The summed E-state index contributed by atoms with van der Waals surface area (Å²) in [6.45, 7) is 5.20. The number of anilines is 1. The van der Waals surface area contributed by atoms with Crippen LogP contribution in [-0.2, 0) is 30.6 Å². The first-order valence-electron chi connectivity index (χ1n) is 15.4. The summed E-state index contributed by atoms with van der Waals surface area (Å²) in [6, 6.07) is 12.1. The molecule has 48 heavy (non-hydrogen) atoms. The lowest BCUT2D eigenvalue weighted by atomic mass is 9.99. The first-order valence-corrected chi connectivity index (χ1v) is 18.5. The number of aliphatic hydroxyl groups excluding tert-OH is 1. The minimum absolute atomic E-state index is 0.184.